The standard InChI is InChI=1S/C14H19ClN2S/c1-14(6-2-3-7-14)9-17-12-8-10(15)4-5-11(12)13(16)18/h4-5,8,17H,2-3,6-7,9H2,1H3,(H2,16,18). The van der Waals surface area contributed by atoms with Crippen LogP contribution in [0.3, 0.4) is 0 Å². The van der Waals surface area contributed by atoms with Gasteiger partial charge in [0.1, 0.15) is 4.99 Å². The number of halogens is 1. The Kier molecular flexibility index (Phi) is 4.13. The topological polar surface area (TPSA) is 38.0 Å². The van der Waals surface area contributed by atoms with Gasteiger partial charge in [0.15, 0.2) is 0 Å². The molecule has 1 aliphatic rings. The molecular weight excluding hydrogens is 264 g/mol. The summed E-state index contributed by atoms with van der Waals surface area (Å²) in [6, 6.07) is 5.59. The van der Waals surface area contributed by atoms with Gasteiger partial charge in [0.25, 0.3) is 0 Å². The maximum absolute atomic E-state index is 6.03. The molecule has 0 spiro atoms. The molecule has 18 heavy (non-hydrogen) atoms. The molecule has 1 aromatic carbocycles. The summed E-state index contributed by atoms with van der Waals surface area (Å²) < 4.78 is 0. The first-order chi connectivity index (χ1) is 8.50. The smallest absolute Gasteiger partial charge is 0.106 e. The van der Waals surface area contributed by atoms with Crippen LogP contribution in [-0.4, -0.2) is 11.5 Å². The molecule has 0 aromatic heterocycles. The number of rotatable bonds is 4. The van der Waals surface area contributed by atoms with Gasteiger partial charge in [-0.3, -0.25) is 0 Å². The molecule has 4 heteroatoms. The quantitative estimate of drug-likeness (QED) is 0.821. The van der Waals surface area contributed by atoms with Crippen molar-refractivity contribution in [3.05, 3.63) is 28.8 Å². The van der Waals surface area contributed by atoms with E-state index in [1.54, 1.807) is 0 Å². The average molecular weight is 283 g/mol. The van der Waals surface area contributed by atoms with Gasteiger partial charge in [0.05, 0.1) is 0 Å². The summed E-state index contributed by atoms with van der Waals surface area (Å²) in [4.78, 5) is 0.408. The summed E-state index contributed by atoms with van der Waals surface area (Å²) in [5.41, 5.74) is 7.93. The first kappa shape index (κ1) is 13.6. The largest absolute Gasteiger partial charge is 0.389 e. The molecule has 2 nitrogen and oxygen atoms in total. The van der Waals surface area contributed by atoms with Gasteiger partial charge >= 0.3 is 0 Å². The van der Waals surface area contributed by atoms with E-state index in [0.717, 1.165) is 17.8 Å². The minimum atomic E-state index is 0.385. The van der Waals surface area contributed by atoms with E-state index < -0.39 is 0 Å². The lowest BCUT2D eigenvalue weighted by Gasteiger charge is -2.25. The molecular formula is C14H19ClN2S. The lowest BCUT2D eigenvalue weighted by Crippen LogP contribution is -2.24. The Bertz CT molecular complexity index is 453. The fraction of sp³-hybridized carbons (Fsp3) is 0.500. The molecule has 0 saturated heterocycles. The van der Waals surface area contributed by atoms with E-state index in [9.17, 15) is 0 Å². The van der Waals surface area contributed by atoms with Crippen molar-refractivity contribution >= 4 is 34.5 Å². The van der Waals surface area contributed by atoms with Gasteiger partial charge in [0, 0.05) is 22.8 Å². The second-order valence-corrected chi connectivity index (χ2v) is 6.30. The van der Waals surface area contributed by atoms with Gasteiger partial charge in [-0.2, -0.15) is 0 Å². The molecule has 0 radical (unpaired) electrons. The molecule has 1 aliphatic carbocycles. The van der Waals surface area contributed by atoms with Gasteiger partial charge in [0.2, 0.25) is 0 Å². The minimum absolute atomic E-state index is 0.385. The van der Waals surface area contributed by atoms with Gasteiger partial charge in [-0.25, -0.2) is 0 Å². The van der Waals surface area contributed by atoms with Crippen molar-refractivity contribution in [2.24, 2.45) is 11.1 Å². The van der Waals surface area contributed by atoms with Crippen LogP contribution in [0.2, 0.25) is 5.02 Å². The van der Waals surface area contributed by atoms with Crippen LogP contribution in [0.15, 0.2) is 18.2 Å². The zero-order valence-corrected chi connectivity index (χ0v) is 12.2. The molecule has 0 atom stereocenters. The monoisotopic (exact) mass is 282 g/mol. The van der Waals surface area contributed by atoms with E-state index in [0.29, 0.717) is 15.4 Å². The molecule has 98 valence electrons. The second-order valence-electron chi connectivity index (χ2n) is 5.43. The highest BCUT2D eigenvalue weighted by atomic mass is 35.5. The molecule has 0 amide bonds. The Morgan fingerprint density at radius 3 is 2.72 bits per heavy atom. The minimum Gasteiger partial charge on any atom is -0.389 e. The number of nitrogens with one attached hydrogen (secondary N) is 1. The third-order valence-electron chi connectivity index (χ3n) is 3.76. The van der Waals surface area contributed by atoms with E-state index in [4.69, 9.17) is 29.6 Å². The Labute approximate surface area is 119 Å². The van der Waals surface area contributed by atoms with Crippen LogP contribution >= 0.6 is 23.8 Å². The summed E-state index contributed by atoms with van der Waals surface area (Å²) in [6.45, 7) is 3.28. The lowest BCUT2D eigenvalue weighted by atomic mass is 9.89. The van der Waals surface area contributed by atoms with Crippen LogP contribution in [0, 0.1) is 5.41 Å². The van der Waals surface area contributed by atoms with Gasteiger partial charge in [-0.05, 0) is 36.5 Å². The molecule has 2 rings (SSSR count). The van der Waals surface area contributed by atoms with E-state index >= 15 is 0 Å². The molecule has 0 unspecified atom stereocenters. The van der Waals surface area contributed by atoms with Gasteiger partial charge < -0.3 is 11.1 Å². The van der Waals surface area contributed by atoms with E-state index in [1.165, 1.54) is 25.7 Å². The number of benzene rings is 1. The molecule has 1 saturated carbocycles. The van der Waals surface area contributed by atoms with Crippen molar-refractivity contribution in [2.45, 2.75) is 32.6 Å². The Balaban J connectivity index is 2.12. The van der Waals surface area contributed by atoms with Crippen LogP contribution in [-0.2, 0) is 0 Å². The van der Waals surface area contributed by atoms with Crippen molar-refractivity contribution in [3.63, 3.8) is 0 Å². The van der Waals surface area contributed by atoms with Crippen LogP contribution < -0.4 is 11.1 Å². The van der Waals surface area contributed by atoms with E-state index in [-0.39, 0.29) is 0 Å². The second kappa shape index (κ2) is 5.45. The Hall–Kier alpha value is -0.800. The number of hydrogen-bond acceptors (Lipinski definition) is 2. The molecule has 0 bridgehead atoms. The average Bonchev–Trinajstić information content (AvgIpc) is 2.74. The fourth-order valence-corrected chi connectivity index (χ4v) is 2.94. The highest BCUT2D eigenvalue weighted by Crippen LogP contribution is 2.37. The van der Waals surface area contributed by atoms with E-state index in [2.05, 4.69) is 12.2 Å². The molecule has 3 N–H and O–H groups in total. The van der Waals surface area contributed by atoms with Crippen molar-refractivity contribution < 1.29 is 0 Å². The summed E-state index contributed by atoms with van der Waals surface area (Å²) in [7, 11) is 0. The van der Waals surface area contributed by atoms with Crippen molar-refractivity contribution in [3.8, 4) is 0 Å². The number of thiocarbonyl (C=S) groups is 1. The molecule has 1 fully saturated rings. The molecule has 0 heterocycles. The van der Waals surface area contributed by atoms with Crippen molar-refractivity contribution in [1.82, 2.24) is 0 Å². The van der Waals surface area contributed by atoms with Crippen LogP contribution in [0.5, 0.6) is 0 Å². The van der Waals surface area contributed by atoms with E-state index in [1.807, 2.05) is 18.2 Å². The van der Waals surface area contributed by atoms with Gasteiger partial charge in [-0.15, -0.1) is 0 Å². The number of anilines is 1. The first-order valence-electron chi connectivity index (χ1n) is 6.33. The third-order valence-corrected chi connectivity index (χ3v) is 4.22. The number of hydrogen-bond donors (Lipinski definition) is 2. The normalized spacial score (nSPS) is 17.7. The summed E-state index contributed by atoms with van der Waals surface area (Å²) in [5, 5.41) is 4.17. The Morgan fingerprint density at radius 1 is 1.44 bits per heavy atom. The fourth-order valence-electron chi connectivity index (χ4n) is 2.59. The lowest BCUT2D eigenvalue weighted by molar-refractivity contribution is 0.362. The zero-order valence-electron chi connectivity index (χ0n) is 10.6. The maximum Gasteiger partial charge on any atom is 0.106 e. The SMILES string of the molecule is CC1(CNc2cc(Cl)ccc2C(N)=S)CCCC1. The Morgan fingerprint density at radius 2 is 2.11 bits per heavy atom. The summed E-state index contributed by atoms with van der Waals surface area (Å²) in [6.07, 6.45) is 5.22. The van der Waals surface area contributed by atoms with Crippen molar-refractivity contribution in [2.75, 3.05) is 11.9 Å². The predicted octanol–water partition coefficient (Wildman–Crippen LogP) is 3.97. The highest BCUT2D eigenvalue weighted by Gasteiger charge is 2.28. The maximum atomic E-state index is 6.03. The third kappa shape index (κ3) is 3.15. The summed E-state index contributed by atoms with van der Waals surface area (Å²) in [5.74, 6) is 0. The molecule has 1 aromatic rings. The highest BCUT2D eigenvalue weighted by molar-refractivity contribution is 7.80. The van der Waals surface area contributed by atoms with Crippen LogP contribution in [0.25, 0.3) is 0 Å². The predicted molar refractivity (Wildman–Crippen MR) is 82.4 cm³/mol. The van der Waals surface area contributed by atoms with Crippen LogP contribution in [0.4, 0.5) is 5.69 Å². The summed E-state index contributed by atoms with van der Waals surface area (Å²) >= 11 is 11.1. The van der Waals surface area contributed by atoms with Crippen LogP contribution in [0.1, 0.15) is 38.2 Å². The zero-order chi connectivity index (χ0) is 13.2. The number of nitrogens with two attached hydrogens (primary N) is 1. The molecule has 0 aliphatic heterocycles. The van der Waals surface area contributed by atoms with Crippen molar-refractivity contribution in [1.29, 1.82) is 0 Å². The van der Waals surface area contributed by atoms with Gasteiger partial charge in [-0.1, -0.05) is 43.6 Å². The first-order valence-corrected chi connectivity index (χ1v) is 7.12.